The van der Waals surface area contributed by atoms with Gasteiger partial charge in [-0.05, 0) is 49.6 Å². The van der Waals surface area contributed by atoms with E-state index in [4.69, 9.17) is 0 Å². The van der Waals surface area contributed by atoms with Gasteiger partial charge in [-0.3, -0.25) is 0 Å². The van der Waals surface area contributed by atoms with Crippen molar-refractivity contribution >= 4 is 26.5 Å². The predicted molar refractivity (Wildman–Crippen MR) is 101 cm³/mol. The van der Waals surface area contributed by atoms with Crippen molar-refractivity contribution in [1.82, 2.24) is 0 Å². The minimum Gasteiger partial charge on any atom is -0.107 e. The van der Waals surface area contributed by atoms with E-state index in [0.717, 1.165) is 0 Å². The van der Waals surface area contributed by atoms with E-state index in [0.29, 0.717) is 0 Å². The molecule has 0 unspecified atom stereocenters. The van der Waals surface area contributed by atoms with Crippen molar-refractivity contribution in [1.29, 1.82) is 0 Å². The van der Waals surface area contributed by atoms with Gasteiger partial charge in [-0.2, -0.15) is 0 Å². The summed E-state index contributed by atoms with van der Waals surface area (Å²) < 4.78 is 0. The molecule has 0 saturated carbocycles. The monoisotopic (exact) mass is 316 g/mol. The lowest BCUT2D eigenvalue weighted by molar-refractivity contribution is 1.10. The molecular weight excluding hydrogens is 290 g/mol. The molecule has 0 radical (unpaired) electrons. The number of hydrogen-bond donors (Lipinski definition) is 0. The van der Waals surface area contributed by atoms with E-state index in [-0.39, 0.29) is 15.8 Å². The lowest BCUT2D eigenvalue weighted by atomic mass is 10.4. The van der Waals surface area contributed by atoms with Crippen LogP contribution in [0.5, 0.6) is 0 Å². The van der Waals surface area contributed by atoms with Crippen LogP contribution in [-0.2, 0) is 0 Å². The fourth-order valence-corrected chi connectivity index (χ4v) is 6.90. The molecule has 0 saturated heterocycles. The fraction of sp³-hybridized carbons (Fsp3) is 0.368. The van der Waals surface area contributed by atoms with Gasteiger partial charge in [0.15, 0.2) is 0 Å². The van der Waals surface area contributed by atoms with E-state index in [2.05, 4.69) is 74.5 Å². The van der Waals surface area contributed by atoms with E-state index < -0.39 is 0 Å². The summed E-state index contributed by atoms with van der Waals surface area (Å²) in [5.74, 6) is 0. The maximum Gasteiger partial charge on any atom is -0.0195 e. The molecule has 2 rings (SSSR count). The molecule has 112 valence electrons. The van der Waals surface area contributed by atoms with Crippen LogP contribution in [-0.4, -0.2) is 24.6 Å². The Morgan fingerprint density at radius 2 is 1.14 bits per heavy atom. The highest BCUT2D eigenvalue weighted by molar-refractivity contribution is 7.73. The number of benzene rings is 2. The van der Waals surface area contributed by atoms with Crippen molar-refractivity contribution < 1.29 is 0 Å². The normalized spacial score (nSPS) is 11.2. The minimum absolute atomic E-state index is 0.181. The summed E-state index contributed by atoms with van der Waals surface area (Å²) in [7, 11) is 0.104. The van der Waals surface area contributed by atoms with Crippen LogP contribution in [0.15, 0.2) is 60.7 Å². The second-order valence-corrected chi connectivity index (χ2v) is 10.6. The molecule has 0 N–H and O–H groups in total. The summed E-state index contributed by atoms with van der Waals surface area (Å²) in [5, 5.41) is 3.05. The molecule has 0 heterocycles. The third-order valence-corrected chi connectivity index (χ3v) is 9.23. The Morgan fingerprint density at radius 3 is 1.57 bits per heavy atom. The van der Waals surface area contributed by atoms with Gasteiger partial charge in [0, 0.05) is 0 Å². The Labute approximate surface area is 132 Å². The predicted octanol–water partition coefficient (Wildman–Crippen LogP) is 5.03. The van der Waals surface area contributed by atoms with Crippen LogP contribution >= 0.6 is 15.8 Å². The molecule has 0 amide bonds. The molecule has 0 aliphatic carbocycles. The first-order chi connectivity index (χ1) is 10.3. The van der Waals surface area contributed by atoms with Crippen LogP contribution < -0.4 is 10.6 Å². The SMILES string of the molecule is CCP(CC)CCCP(c1ccccc1)c1ccccc1. The van der Waals surface area contributed by atoms with E-state index >= 15 is 0 Å². The van der Waals surface area contributed by atoms with Crippen LogP contribution in [0, 0.1) is 0 Å². The van der Waals surface area contributed by atoms with Gasteiger partial charge < -0.3 is 0 Å². The van der Waals surface area contributed by atoms with Gasteiger partial charge in [-0.25, -0.2) is 0 Å². The summed E-state index contributed by atoms with van der Waals surface area (Å²) in [6, 6.07) is 22.2. The zero-order valence-corrected chi connectivity index (χ0v) is 15.0. The van der Waals surface area contributed by atoms with E-state index in [9.17, 15) is 0 Å². The second-order valence-electron chi connectivity index (χ2n) is 5.20. The maximum atomic E-state index is 2.35. The van der Waals surface area contributed by atoms with Crippen LogP contribution in [0.4, 0.5) is 0 Å². The second kappa shape index (κ2) is 9.34. The fourth-order valence-electron chi connectivity index (χ4n) is 2.62. The highest BCUT2D eigenvalue weighted by Gasteiger charge is 2.13. The zero-order valence-electron chi connectivity index (χ0n) is 13.2. The maximum absolute atomic E-state index is 2.35. The highest BCUT2D eigenvalue weighted by atomic mass is 31.1. The van der Waals surface area contributed by atoms with Gasteiger partial charge in [-0.15, -0.1) is 7.92 Å². The summed E-state index contributed by atoms with van der Waals surface area (Å²) in [4.78, 5) is 0. The third-order valence-electron chi connectivity index (χ3n) is 3.89. The first-order valence-corrected chi connectivity index (χ1v) is 11.4. The van der Waals surface area contributed by atoms with Crippen molar-refractivity contribution in [2.75, 3.05) is 24.6 Å². The molecule has 0 nitrogen and oxygen atoms in total. The number of rotatable bonds is 8. The Bertz CT molecular complexity index is 452. The molecule has 2 aromatic carbocycles. The number of hydrogen-bond acceptors (Lipinski definition) is 0. The van der Waals surface area contributed by atoms with E-state index in [1.165, 1.54) is 41.7 Å². The van der Waals surface area contributed by atoms with E-state index in [1.807, 2.05) is 0 Å². The zero-order chi connectivity index (χ0) is 14.9. The molecular formula is C19H26P2. The average molecular weight is 316 g/mol. The van der Waals surface area contributed by atoms with Gasteiger partial charge in [0.2, 0.25) is 0 Å². The Hall–Kier alpha value is -0.700. The summed E-state index contributed by atoms with van der Waals surface area (Å²) >= 11 is 0. The Kier molecular flexibility index (Phi) is 7.42. The van der Waals surface area contributed by atoms with Crippen molar-refractivity contribution in [3.05, 3.63) is 60.7 Å². The third kappa shape index (κ3) is 5.21. The highest BCUT2D eigenvalue weighted by Crippen LogP contribution is 2.39. The topological polar surface area (TPSA) is 0 Å². The van der Waals surface area contributed by atoms with Gasteiger partial charge in [0.05, 0.1) is 0 Å². The summed E-state index contributed by atoms with van der Waals surface area (Å²) in [5.41, 5.74) is 0. The molecule has 0 aliphatic rings. The smallest absolute Gasteiger partial charge is 0.0195 e. The largest absolute Gasteiger partial charge is 0.107 e. The van der Waals surface area contributed by atoms with Crippen LogP contribution in [0.25, 0.3) is 0 Å². The van der Waals surface area contributed by atoms with Gasteiger partial charge in [0.1, 0.15) is 0 Å². The molecule has 2 heteroatoms. The molecule has 0 aromatic heterocycles. The standard InChI is InChI=1S/C19H26P2/c1-3-20(4-2)16-11-17-21(18-12-7-5-8-13-18)19-14-9-6-10-15-19/h5-10,12-15H,3-4,11,16-17H2,1-2H3. The Morgan fingerprint density at radius 1 is 0.667 bits per heavy atom. The molecule has 0 aliphatic heterocycles. The van der Waals surface area contributed by atoms with Gasteiger partial charge >= 0.3 is 0 Å². The van der Waals surface area contributed by atoms with Crippen molar-refractivity contribution in [2.45, 2.75) is 20.3 Å². The molecule has 0 atom stereocenters. The molecule has 0 fully saturated rings. The lowest BCUT2D eigenvalue weighted by Gasteiger charge is -2.20. The summed E-state index contributed by atoms with van der Waals surface area (Å²) in [6.45, 7) is 4.71. The first-order valence-electron chi connectivity index (χ1n) is 7.95. The minimum atomic E-state index is -0.181. The van der Waals surface area contributed by atoms with Crippen LogP contribution in [0.3, 0.4) is 0 Å². The van der Waals surface area contributed by atoms with Crippen molar-refractivity contribution in [2.24, 2.45) is 0 Å². The lowest BCUT2D eigenvalue weighted by Crippen LogP contribution is -2.14. The van der Waals surface area contributed by atoms with Gasteiger partial charge in [-0.1, -0.05) is 74.5 Å². The van der Waals surface area contributed by atoms with Crippen LogP contribution in [0.2, 0.25) is 0 Å². The summed E-state index contributed by atoms with van der Waals surface area (Å²) in [6.07, 6.45) is 6.94. The first kappa shape index (κ1) is 16.7. The molecule has 0 bridgehead atoms. The molecule has 21 heavy (non-hydrogen) atoms. The quantitative estimate of drug-likeness (QED) is 0.599. The molecule has 0 spiro atoms. The van der Waals surface area contributed by atoms with E-state index in [1.54, 1.807) is 0 Å². The van der Waals surface area contributed by atoms with Crippen molar-refractivity contribution in [3.8, 4) is 0 Å². The van der Waals surface area contributed by atoms with Gasteiger partial charge in [0.25, 0.3) is 0 Å². The average Bonchev–Trinajstić information content (AvgIpc) is 2.57. The van der Waals surface area contributed by atoms with Crippen molar-refractivity contribution in [3.63, 3.8) is 0 Å². The molecule has 2 aromatic rings. The Balaban J connectivity index is 2.07. The van der Waals surface area contributed by atoms with Crippen LogP contribution in [0.1, 0.15) is 20.3 Å².